The standard InChI is InChI=1S/C18H15FN4O2/c1-11-2-4-12(5-3-11)10-22-16-15(20-21-22)17(24)23(18(16)25)14-8-6-13(19)7-9-14/h2-9,15-16H,10H2,1H3/t15-,16+/m1/s1. The quantitative estimate of drug-likeness (QED) is 0.808. The highest BCUT2D eigenvalue weighted by Crippen LogP contribution is 2.32. The van der Waals surface area contributed by atoms with E-state index in [4.69, 9.17) is 0 Å². The van der Waals surface area contributed by atoms with Crippen molar-refractivity contribution in [3.05, 3.63) is 65.5 Å². The molecule has 1 fully saturated rings. The van der Waals surface area contributed by atoms with E-state index in [0.717, 1.165) is 16.0 Å². The second kappa shape index (κ2) is 5.77. The third-order valence-electron chi connectivity index (χ3n) is 4.41. The lowest BCUT2D eigenvalue weighted by Crippen LogP contribution is -2.39. The van der Waals surface area contributed by atoms with Crippen molar-refractivity contribution in [3.63, 3.8) is 0 Å². The number of hydrogen-bond donors (Lipinski definition) is 0. The Hall–Kier alpha value is -3.09. The number of imide groups is 1. The van der Waals surface area contributed by atoms with Gasteiger partial charge in [0.15, 0.2) is 12.1 Å². The Balaban J connectivity index is 1.59. The minimum atomic E-state index is -0.844. The summed E-state index contributed by atoms with van der Waals surface area (Å²) in [5.74, 6) is -1.25. The average Bonchev–Trinajstić information content (AvgIpc) is 3.12. The van der Waals surface area contributed by atoms with Crippen molar-refractivity contribution in [2.75, 3.05) is 4.90 Å². The predicted molar refractivity (Wildman–Crippen MR) is 88.0 cm³/mol. The minimum Gasteiger partial charge on any atom is -0.271 e. The molecule has 2 aromatic carbocycles. The van der Waals surface area contributed by atoms with E-state index in [2.05, 4.69) is 10.3 Å². The summed E-state index contributed by atoms with van der Waals surface area (Å²) in [6.45, 7) is 2.39. The van der Waals surface area contributed by atoms with Gasteiger partial charge >= 0.3 is 0 Å². The zero-order valence-corrected chi connectivity index (χ0v) is 13.5. The summed E-state index contributed by atoms with van der Waals surface area (Å²) in [5.41, 5.74) is 2.46. The van der Waals surface area contributed by atoms with Gasteiger partial charge in [-0.15, -0.1) is 0 Å². The van der Waals surface area contributed by atoms with Crippen molar-refractivity contribution in [2.45, 2.75) is 25.6 Å². The number of hydrogen-bond acceptors (Lipinski definition) is 5. The molecule has 6 nitrogen and oxygen atoms in total. The lowest BCUT2D eigenvalue weighted by molar-refractivity contribution is -0.123. The van der Waals surface area contributed by atoms with Gasteiger partial charge in [-0.25, -0.2) is 9.29 Å². The van der Waals surface area contributed by atoms with E-state index in [0.29, 0.717) is 12.2 Å². The van der Waals surface area contributed by atoms with Crippen molar-refractivity contribution in [1.29, 1.82) is 0 Å². The van der Waals surface area contributed by atoms with Crippen LogP contribution in [-0.4, -0.2) is 28.9 Å². The molecule has 0 radical (unpaired) electrons. The van der Waals surface area contributed by atoms with Gasteiger partial charge in [-0.05, 0) is 36.8 Å². The molecule has 0 unspecified atom stereocenters. The van der Waals surface area contributed by atoms with E-state index in [1.807, 2.05) is 31.2 Å². The molecule has 4 rings (SSSR count). The SMILES string of the molecule is Cc1ccc(CN2N=N[C@H]3C(=O)N(c4ccc(F)cc4)C(=O)[C@H]32)cc1. The first kappa shape index (κ1) is 15.4. The van der Waals surface area contributed by atoms with Crippen LogP contribution in [0.15, 0.2) is 58.9 Å². The Morgan fingerprint density at radius 1 is 1.00 bits per heavy atom. The summed E-state index contributed by atoms with van der Waals surface area (Å²) < 4.78 is 13.1. The van der Waals surface area contributed by atoms with E-state index >= 15 is 0 Å². The van der Waals surface area contributed by atoms with Crippen molar-refractivity contribution in [3.8, 4) is 0 Å². The van der Waals surface area contributed by atoms with Crippen LogP contribution in [0, 0.1) is 12.7 Å². The Labute approximate surface area is 143 Å². The maximum atomic E-state index is 13.1. The van der Waals surface area contributed by atoms with Crippen molar-refractivity contribution in [2.24, 2.45) is 10.3 Å². The summed E-state index contributed by atoms with van der Waals surface area (Å²) >= 11 is 0. The highest BCUT2D eigenvalue weighted by atomic mass is 19.1. The number of amides is 2. The number of nitrogens with zero attached hydrogens (tertiary/aromatic N) is 4. The van der Waals surface area contributed by atoms with Crippen molar-refractivity contribution in [1.82, 2.24) is 5.01 Å². The smallest absolute Gasteiger partial charge is 0.263 e. The summed E-state index contributed by atoms with van der Waals surface area (Å²) in [7, 11) is 0. The summed E-state index contributed by atoms with van der Waals surface area (Å²) in [6, 6.07) is 11.5. The fourth-order valence-electron chi connectivity index (χ4n) is 3.08. The molecule has 0 saturated carbocycles. The monoisotopic (exact) mass is 338 g/mol. The van der Waals surface area contributed by atoms with E-state index in [-0.39, 0.29) is 0 Å². The maximum absolute atomic E-state index is 13.1. The van der Waals surface area contributed by atoms with E-state index in [1.54, 1.807) is 5.01 Å². The molecule has 0 bridgehead atoms. The second-order valence-electron chi connectivity index (χ2n) is 6.17. The number of aryl methyl sites for hydroxylation is 1. The van der Waals surface area contributed by atoms with Gasteiger partial charge in [-0.3, -0.25) is 14.6 Å². The fraction of sp³-hybridized carbons (Fsp3) is 0.222. The molecule has 2 amide bonds. The van der Waals surface area contributed by atoms with Gasteiger partial charge in [-0.1, -0.05) is 35.1 Å². The van der Waals surface area contributed by atoms with Gasteiger partial charge in [0.2, 0.25) is 0 Å². The molecular weight excluding hydrogens is 323 g/mol. The molecule has 0 N–H and O–H groups in total. The number of fused-ring (bicyclic) bond motifs is 1. The predicted octanol–water partition coefficient (Wildman–Crippen LogP) is 2.63. The van der Waals surface area contributed by atoms with E-state index < -0.39 is 29.7 Å². The third kappa shape index (κ3) is 2.57. The summed E-state index contributed by atoms with van der Waals surface area (Å²) in [5, 5.41) is 9.53. The lowest BCUT2D eigenvalue weighted by Gasteiger charge is -2.20. The average molecular weight is 338 g/mol. The summed E-state index contributed by atoms with van der Waals surface area (Å²) in [6.07, 6.45) is 0. The van der Waals surface area contributed by atoms with Gasteiger partial charge in [0.25, 0.3) is 11.8 Å². The molecule has 0 aromatic heterocycles. The molecule has 0 spiro atoms. The molecule has 2 aliphatic rings. The largest absolute Gasteiger partial charge is 0.271 e. The molecule has 2 heterocycles. The Kier molecular flexibility index (Phi) is 3.56. The Morgan fingerprint density at radius 3 is 2.36 bits per heavy atom. The normalized spacial score (nSPS) is 22.0. The number of anilines is 1. The molecule has 1 saturated heterocycles. The first-order valence-corrected chi connectivity index (χ1v) is 7.91. The molecule has 126 valence electrons. The number of rotatable bonds is 3. The van der Waals surface area contributed by atoms with Crippen LogP contribution in [0.4, 0.5) is 10.1 Å². The van der Waals surface area contributed by atoms with Crippen LogP contribution >= 0.6 is 0 Å². The van der Waals surface area contributed by atoms with E-state index in [1.165, 1.54) is 24.3 Å². The topological polar surface area (TPSA) is 65.3 Å². The number of carbonyl (C=O) groups excluding carboxylic acids is 2. The van der Waals surface area contributed by atoms with Gasteiger partial charge in [0, 0.05) is 0 Å². The first-order chi connectivity index (χ1) is 12.0. The molecular formula is C18H15FN4O2. The molecule has 2 aliphatic heterocycles. The Morgan fingerprint density at radius 2 is 1.68 bits per heavy atom. The van der Waals surface area contributed by atoms with Crippen LogP contribution < -0.4 is 4.90 Å². The maximum Gasteiger partial charge on any atom is 0.263 e. The molecule has 2 aromatic rings. The molecule has 25 heavy (non-hydrogen) atoms. The van der Waals surface area contributed by atoms with Crippen LogP contribution in [0.3, 0.4) is 0 Å². The van der Waals surface area contributed by atoms with Crippen LogP contribution in [0.1, 0.15) is 11.1 Å². The zero-order chi connectivity index (χ0) is 17.6. The third-order valence-corrected chi connectivity index (χ3v) is 4.41. The highest BCUT2D eigenvalue weighted by molar-refractivity contribution is 6.25. The van der Waals surface area contributed by atoms with Crippen LogP contribution in [0.5, 0.6) is 0 Å². The van der Waals surface area contributed by atoms with Crippen LogP contribution in [-0.2, 0) is 16.1 Å². The molecule has 2 atom stereocenters. The van der Waals surface area contributed by atoms with E-state index in [9.17, 15) is 14.0 Å². The summed E-state index contributed by atoms with van der Waals surface area (Å²) in [4.78, 5) is 26.4. The highest BCUT2D eigenvalue weighted by Gasteiger charge is 2.54. The number of carbonyl (C=O) groups is 2. The zero-order valence-electron chi connectivity index (χ0n) is 13.5. The first-order valence-electron chi connectivity index (χ1n) is 7.91. The Bertz CT molecular complexity index is 864. The van der Waals surface area contributed by atoms with Crippen LogP contribution in [0.2, 0.25) is 0 Å². The number of benzene rings is 2. The fourth-order valence-corrected chi connectivity index (χ4v) is 3.08. The van der Waals surface area contributed by atoms with Crippen LogP contribution in [0.25, 0.3) is 0 Å². The molecule has 0 aliphatic carbocycles. The van der Waals surface area contributed by atoms with Gasteiger partial charge < -0.3 is 0 Å². The molecule has 7 heteroatoms. The van der Waals surface area contributed by atoms with Crippen molar-refractivity contribution < 1.29 is 14.0 Å². The minimum absolute atomic E-state index is 0.344. The second-order valence-corrected chi connectivity index (χ2v) is 6.17. The number of halogens is 1. The lowest BCUT2D eigenvalue weighted by atomic mass is 10.1. The van der Waals surface area contributed by atoms with Gasteiger partial charge in [0.1, 0.15) is 5.82 Å². The van der Waals surface area contributed by atoms with Gasteiger partial charge in [0.05, 0.1) is 12.2 Å². The van der Waals surface area contributed by atoms with Gasteiger partial charge in [-0.2, -0.15) is 5.11 Å². The van der Waals surface area contributed by atoms with Crippen molar-refractivity contribution >= 4 is 17.5 Å².